The van der Waals surface area contributed by atoms with Crippen molar-refractivity contribution in [1.29, 1.82) is 0 Å². The van der Waals surface area contributed by atoms with Gasteiger partial charge in [0.25, 0.3) is 0 Å². The zero-order valence-corrected chi connectivity index (χ0v) is 13.1. The van der Waals surface area contributed by atoms with Gasteiger partial charge in [0, 0.05) is 0 Å². The molecule has 0 aromatic rings. The largest absolute Gasteiger partial charge is 0.390 e. The summed E-state index contributed by atoms with van der Waals surface area (Å²) >= 11 is 0. The van der Waals surface area contributed by atoms with E-state index in [0.717, 1.165) is 25.2 Å². The third-order valence-electron chi connectivity index (χ3n) is 4.97. The molecule has 1 heteroatoms. The Bertz CT molecular complexity index is 234. The first-order chi connectivity index (χ1) is 8.41. The molecule has 0 aromatic heterocycles. The topological polar surface area (TPSA) is 20.2 Å². The number of unbranched alkanes of at least 4 members (excludes halogenated alkanes) is 1. The molecular formula is C17H34O. The van der Waals surface area contributed by atoms with Gasteiger partial charge in [0.1, 0.15) is 0 Å². The van der Waals surface area contributed by atoms with Gasteiger partial charge in [-0.05, 0) is 43.4 Å². The standard InChI is InChI=1S/C17H34O/c1-5-7-9-15(6-2)14-17(18)11-8-10-16(3,4)12-13-17/h15,18H,5-14H2,1-4H3. The second kappa shape index (κ2) is 6.93. The van der Waals surface area contributed by atoms with Crippen molar-refractivity contribution in [2.45, 2.75) is 97.5 Å². The summed E-state index contributed by atoms with van der Waals surface area (Å²) in [7, 11) is 0. The summed E-state index contributed by atoms with van der Waals surface area (Å²) in [5.74, 6) is 0.733. The van der Waals surface area contributed by atoms with Crippen molar-refractivity contribution in [3.05, 3.63) is 0 Å². The number of rotatable bonds is 6. The van der Waals surface area contributed by atoms with Crippen LogP contribution in [-0.2, 0) is 0 Å². The van der Waals surface area contributed by atoms with Crippen LogP contribution in [0.5, 0.6) is 0 Å². The summed E-state index contributed by atoms with van der Waals surface area (Å²) in [5.41, 5.74) is 0.0811. The molecule has 18 heavy (non-hydrogen) atoms. The summed E-state index contributed by atoms with van der Waals surface area (Å²) in [6.45, 7) is 9.25. The monoisotopic (exact) mass is 254 g/mol. The highest BCUT2D eigenvalue weighted by atomic mass is 16.3. The summed E-state index contributed by atoms with van der Waals surface area (Å²) < 4.78 is 0. The van der Waals surface area contributed by atoms with E-state index < -0.39 is 0 Å². The highest BCUT2D eigenvalue weighted by Gasteiger charge is 2.35. The first kappa shape index (κ1) is 16.0. The van der Waals surface area contributed by atoms with Crippen LogP contribution in [0.3, 0.4) is 0 Å². The molecule has 1 saturated carbocycles. The van der Waals surface area contributed by atoms with Gasteiger partial charge < -0.3 is 5.11 Å². The Kier molecular flexibility index (Phi) is 6.17. The van der Waals surface area contributed by atoms with Gasteiger partial charge in [-0.15, -0.1) is 0 Å². The predicted octanol–water partition coefficient (Wildman–Crippen LogP) is 5.31. The summed E-state index contributed by atoms with van der Waals surface area (Å²) in [6, 6.07) is 0. The van der Waals surface area contributed by atoms with Gasteiger partial charge in [0.2, 0.25) is 0 Å². The normalized spacial score (nSPS) is 29.8. The Hall–Kier alpha value is -0.0400. The van der Waals surface area contributed by atoms with E-state index in [1.54, 1.807) is 0 Å². The van der Waals surface area contributed by atoms with Crippen LogP contribution in [0, 0.1) is 11.3 Å². The first-order valence-electron chi connectivity index (χ1n) is 8.13. The quantitative estimate of drug-likeness (QED) is 0.636. The number of aliphatic hydroxyl groups is 1. The third kappa shape index (κ3) is 5.30. The summed E-state index contributed by atoms with van der Waals surface area (Å²) in [6.07, 6.45) is 11.9. The van der Waals surface area contributed by atoms with Crippen LogP contribution in [0.1, 0.15) is 91.9 Å². The predicted molar refractivity (Wildman–Crippen MR) is 79.7 cm³/mol. The lowest BCUT2D eigenvalue weighted by molar-refractivity contribution is -0.00301. The zero-order valence-electron chi connectivity index (χ0n) is 13.1. The SMILES string of the molecule is CCCCC(CC)CC1(O)CCCC(C)(C)CC1. The Labute approximate surface area is 114 Å². The van der Waals surface area contributed by atoms with Gasteiger partial charge in [0.15, 0.2) is 0 Å². The Balaban J connectivity index is 2.51. The maximum atomic E-state index is 10.9. The van der Waals surface area contributed by atoms with Crippen molar-refractivity contribution in [3.63, 3.8) is 0 Å². The first-order valence-corrected chi connectivity index (χ1v) is 8.13. The molecule has 108 valence electrons. The summed E-state index contributed by atoms with van der Waals surface area (Å²) in [4.78, 5) is 0. The molecule has 1 rings (SSSR count). The van der Waals surface area contributed by atoms with Crippen LogP contribution in [-0.4, -0.2) is 10.7 Å². The molecule has 1 aliphatic carbocycles. The minimum atomic E-state index is -0.359. The van der Waals surface area contributed by atoms with E-state index in [9.17, 15) is 5.11 Å². The van der Waals surface area contributed by atoms with Crippen molar-refractivity contribution in [2.24, 2.45) is 11.3 Å². The summed E-state index contributed by atoms with van der Waals surface area (Å²) in [5, 5.41) is 10.9. The smallest absolute Gasteiger partial charge is 0.0650 e. The lowest BCUT2D eigenvalue weighted by Crippen LogP contribution is -2.31. The van der Waals surface area contributed by atoms with Crippen molar-refractivity contribution < 1.29 is 5.11 Å². The van der Waals surface area contributed by atoms with E-state index >= 15 is 0 Å². The Morgan fingerprint density at radius 1 is 1.06 bits per heavy atom. The van der Waals surface area contributed by atoms with Gasteiger partial charge in [0.05, 0.1) is 5.60 Å². The molecule has 0 heterocycles. The lowest BCUT2D eigenvalue weighted by Gasteiger charge is -2.31. The Morgan fingerprint density at radius 3 is 2.39 bits per heavy atom. The van der Waals surface area contributed by atoms with Crippen molar-refractivity contribution in [2.75, 3.05) is 0 Å². The molecular weight excluding hydrogens is 220 g/mol. The zero-order chi connectivity index (χ0) is 13.6. The van der Waals surface area contributed by atoms with Crippen LogP contribution in [0.15, 0.2) is 0 Å². The van der Waals surface area contributed by atoms with E-state index in [2.05, 4.69) is 27.7 Å². The fourth-order valence-corrected chi connectivity index (χ4v) is 3.40. The lowest BCUT2D eigenvalue weighted by atomic mass is 9.80. The third-order valence-corrected chi connectivity index (χ3v) is 4.97. The minimum absolute atomic E-state index is 0.359. The highest BCUT2D eigenvalue weighted by Crippen LogP contribution is 2.41. The van der Waals surface area contributed by atoms with Gasteiger partial charge >= 0.3 is 0 Å². The molecule has 2 atom stereocenters. The second-order valence-corrected chi connectivity index (χ2v) is 7.36. The molecule has 0 spiro atoms. The van der Waals surface area contributed by atoms with Gasteiger partial charge in [-0.2, -0.15) is 0 Å². The maximum absolute atomic E-state index is 10.9. The van der Waals surface area contributed by atoms with Gasteiger partial charge in [-0.3, -0.25) is 0 Å². The molecule has 0 aliphatic heterocycles. The molecule has 1 aliphatic rings. The highest BCUT2D eigenvalue weighted by molar-refractivity contribution is 4.87. The van der Waals surface area contributed by atoms with Gasteiger partial charge in [-0.25, -0.2) is 0 Å². The minimum Gasteiger partial charge on any atom is -0.390 e. The number of hydrogen-bond acceptors (Lipinski definition) is 1. The fourth-order valence-electron chi connectivity index (χ4n) is 3.40. The van der Waals surface area contributed by atoms with Crippen LogP contribution in [0.25, 0.3) is 0 Å². The van der Waals surface area contributed by atoms with Crippen LogP contribution < -0.4 is 0 Å². The van der Waals surface area contributed by atoms with Crippen molar-refractivity contribution in [1.82, 2.24) is 0 Å². The van der Waals surface area contributed by atoms with Crippen molar-refractivity contribution in [3.8, 4) is 0 Å². The van der Waals surface area contributed by atoms with E-state index in [4.69, 9.17) is 0 Å². The van der Waals surface area contributed by atoms with Crippen LogP contribution in [0.4, 0.5) is 0 Å². The molecule has 0 aromatic carbocycles. The molecule has 0 amide bonds. The van der Waals surface area contributed by atoms with E-state index in [1.165, 1.54) is 44.9 Å². The van der Waals surface area contributed by atoms with Gasteiger partial charge in [-0.1, -0.05) is 59.8 Å². The molecule has 1 N–H and O–H groups in total. The van der Waals surface area contributed by atoms with Crippen molar-refractivity contribution >= 4 is 0 Å². The Morgan fingerprint density at radius 2 is 1.78 bits per heavy atom. The fraction of sp³-hybridized carbons (Fsp3) is 1.00. The molecule has 1 nitrogen and oxygen atoms in total. The maximum Gasteiger partial charge on any atom is 0.0650 e. The van der Waals surface area contributed by atoms with Crippen LogP contribution in [0.2, 0.25) is 0 Å². The average molecular weight is 254 g/mol. The molecule has 0 saturated heterocycles. The van der Waals surface area contributed by atoms with E-state index in [1.807, 2.05) is 0 Å². The molecule has 0 radical (unpaired) electrons. The molecule has 2 unspecified atom stereocenters. The average Bonchev–Trinajstić information content (AvgIpc) is 2.44. The van der Waals surface area contributed by atoms with E-state index in [0.29, 0.717) is 5.41 Å². The molecule has 0 bridgehead atoms. The number of hydrogen-bond donors (Lipinski definition) is 1. The van der Waals surface area contributed by atoms with Crippen LogP contribution >= 0.6 is 0 Å². The van der Waals surface area contributed by atoms with E-state index in [-0.39, 0.29) is 5.60 Å². The molecule has 1 fully saturated rings. The second-order valence-electron chi connectivity index (χ2n) is 7.36.